The summed E-state index contributed by atoms with van der Waals surface area (Å²) in [5.41, 5.74) is 1.45. The van der Waals surface area contributed by atoms with Crippen LogP contribution in [0.4, 0.5) is 0 Å². The lowest BCUT2D eigenvalue weighted by Gasteiger charge is -2.61. The lowest BCUT2D eigenvalue weighted by atomic mass is 9.44. The number of rotatable bonds is 3. The maximum Gasteiger partial charge on any atom is 0.162 e. The zero-order valence-corrected chi connectivity index (χ0v) is 18.8. The summed E-state index contributed by atoms with van der Waals surface area (Å²) < 4.78 is 1.81. The van der Waals surface area contributed by atoms with Crippen molar-refractivity contribution in [2.45, 2.75) is 90.9 Å². The van der Waals surface area contributed by atoms with Gasteiger partial charge in [0, 0.05) is 25.0 Å². The number of aromatic nitrogens is 2. The van der Waals surface area contributed by atoms with E-state index >= 15 is 0 Å². The molecule has 5 rings (SSSR count). The van der Waals surface area contributed by atoms with Crippen LogP contribution in [0.1, 0.15) is 77.2 Å². The second-order valence-electron chi connectivity index (χ2n) is 11.7. The summed E-state index contributed by atoms with van der Waals surface area (Å²) in [6.45, 7) is 7.26. The second kappa shape index (κ2) is 6.90. The van der Waals surface area contributed by atoms with Gasteiger partial charge in [0.15, 0.2) is 11.6 Å². The zero-order valence-electron chi connectivity index (χ0n) is 18.8. The van der Waals surface area contributed by atoms with Gasteiger partial charge in [0.1, 0.15) is 0 Å². The molecular weight excluding hydrogens is 376 g/mol. The van der Waals surface area contributed by atoms with Gasteiger partial charge in [-0.1, -0.05) is 13.8 Å². The molecule has 166 valence electrons. The van der Waals surface area contributed by atoms with Crippen molar-refractivity contribution >= 4 is 5.78 Å². The molecule has 0 bridgehead atoms. The van der Waals surface area contributed by atoms with E-state index in [1.165, 1.54) is 19.3 Å². The van der Waals surface area contributed by atoms with E-state index < -0.39 is 5.79 Å². The Bertz CT molecular complexity index is 832. The van der Waals surface area contributed by atoms with Gasteiger partial charge in [-0.05, 0) is 91.9 Å². The molecule has 2 N–H and O–H groups in total. The van der Waals surface area contributed by atoms with Gasteiger partial charge < -0.3 is 10.2 Å². The van der Waals surface area contributed by atoms with Crippen molar-refractivity contribution < 1.29 is 15.0 Å². The first-order valence-corrected chi connectivity index (χ1v) is 12.1. The molecule has 0 saturated heterocycles. The van der Waals surface area contributed by atoms with Crippen LogP contribution in [-0.2, 0) is 11.3 Å². The minimum Gasteiger partial charge on any atom is -0.366 e. The molecule has 0 aromatic carbocycles. The molecule has 30 heavy (non-hydrogen) atoms. The van der Waals surface area contributed by atoms with Crippen LogP contribution in [0.25, 0.3) is 0 Å². The fraction of sp³-hybridized carbons (Fsp3) is 0.840. The SMILES string of the molecule is Cc1cnn(CC(=O)[C@H]2CC[C@H]3[C@@H]4CC[C@H]5CC(O)(O)CC[C@]5(C)[C@H]4CC[C@]23C)c1. The molecule has 5 nitrogen and oxygen atoms in total. The summed E-state index contributed by atoms with van der Waals surface area (Å²) in [7, 11) is 0. The molecule has 4 fully saturated rings. The van der Waals surface area contributed by atoms with Crippen LogP contribution in [0, 0.1) is 47.3 Å². The topological polar surface area (TPSA) is 75.4 Å². The molecular formula is C25H38N2O3. The first-order valence-electron chi connectivity index (χ1n) is 12.1. The van der Waals surface area contributed by atoms with Crippen LogP contribution in [0.3, 0.4) is 0 Å². The Morgan fingerprint density at radius 3 is 2.57 bits per heavy atom. The van der Waals surface area contributed by atoms with Crippen molar-refractivity contribution in [1.82, 2.24) is 9.78 Å². The van der Waals surface area contributed by atoms with Gasteiger partial charge in [0.2, 0.25) is 0 Å². The molecule has 4 aliphatic rings. The van der Waals surface area contributed by atoms with E-state index in [0.29, 0.717) is 48.8 Å². The fourth-order valence-corrected chi connectivity index (χ4v) is 8.58. The van der Waals surface area contributed by atoms with Crippen molar-refractivity contribution in [3.8, 4) is 0 Å². The summed E-state index contributed by atoms with van der Waals surface area (Å²) in [4.78, 5) is 13.3. The molecule has 4 aliphatic carbocycles. The Morgan fingerprint density at radius 1 is 1.07 bits per heavy atom. The Kier molecular flexibility index (Phi) is 4.76. The standard InChI is InChI=1S/C25H38N2O3/c1-16-13-26-27(14-16)15-22(28)21-7-6-19-18-5-4-17-12-25(29,30)11-10-23(17,2)20(18)8-9-24(19,21)3/h13-14,17-21,29-30H,4-12,15H2,1-3H3/t17-,18-,19-,20-,21+,23-,24-/m0/s1. The number of nitrogens with zero attached hydrogens (tertiary/aromatic N) is 2. The summed E-state index contributed by atoms with van der Waals surface area (Å²) in [5, 5.41) is 24.8. The molecule has 1 aromatic heterocycles. The van der Waals surface area contributed by atoms with Crippen LogP contribution in [0.15, 0.2) is 12.4 Å². The number of aliphatic hydroxyl groups is 2. The van der Waals surface area contributed by atoms with Crippen molar-refractivity contribution in [1.29, 1.82) is 0 Å². The molecule has 4 saturated carbocycles. The van der Waals surface area contributed by atoms with Crippen molar-refractivity contribution in [2.75, 3.05) is 0 Å². The molecule has 0 spiro atoms. The molecule has 0 radical (unpaired) electrons. The number of hydrogen-bond acceptors (Lipinski definition) is 4. The third-order valence-electron chi connectivity index (χ3n) is 10.2. The number of carbonyl (C=O) groups is 1. The number of hydrogen-bond donors (Lipinski definition) is 2. The van der Waals surface area contributed by atoms with Gasteiger partial charge in [-0.3, -0.25) is 9.48 Å². The molecule has 5 heteroatoms. The molecule has 0 aliphatic heterocycles. The summed E-state index contributed by atoms with van der Waals surface area (Å²) in [6.07, 6.45) is 12.6. The third-order valence-corrected chi connectivity index (χ3v) is 10.2. The van der Waals surface area contributed by atoms with E-state index in [1.54, 1.807) is 0 Å². The van der Waals surface area contributed by atoms with Gasteiger partial charge in [0.05, 0.1) is 12.7 Å². The highest BCUT2D eigenvalue weighted by Crippen LogP contribution is 2.67. The minimum absolute atomic E-state index is 0.121. The lowest BCUT2D eigenvalue weighted by molar-refractivity contribution is -0.233. The van der Waals surface area contributed by atoms with Gasteiger partial charge in [-0.25, -0.2) is 0 Å². The predicted octanol–water partition coefficient (Wildman–Crippen LogP) is 4.10. The van der Waals surface area contributed by atoms with E-state index in [2.05, 4.69) is 18.9 Å². The van der Waals surface area contributed by atoms with E-state index in [1.807, 2.05) is 24.0 Å². The van der Waals surface area contributed by atoms with Gasteiger partial charge in [0.25, 0.3) is 0 Å². The summed E-state index contributed by atoms with van der Waals surface area (Å²) in [6, 6.07) is 0. The number of aryl methyl sites for hydroxylation is 1. The highest BCUT2D eigenvalue weighted by molar-refractivity contribution is 5.82. The maximum atomic E-state index is 13.3. The molecule has 0 amide bonds. The van der Waals surface area contributed by atoms with Crippen LogP contribution in [-0.4, -0.2) is 31.6 Å². The smallest absolute Gasteiger partial charge is 0.162 e. The third kappa shape index (κ3) is 3.10. The largest absolute Gasteiger partial charge is 0.366 e. The average Bonchev–Trinajstić information content (AvgIpc) is 3.24. The van der Waals surface area contributed by atoms with Crippen LogP contribution in [0.5, 0.6) is 0 Å². The zero-order chi connectivity index (χ0) is 21.3. The van der Waals surface area contributed by atoms with Crippen LogP contribution in [0.2, 0.25) is 0 Å². The minimum atomic E-state index is -1.46. The normalized spacial score (nSPS) is 44.8. The fourth-order valence-electron chi connectivity index (χ4n) is 8.58. The van der Waals surface area contributed by atoms with Gasteiger partial charge in [-0.15, -0.1) is 0 Å². The first-order chi connectivity index (χ1) is 14.1. The van der Waals surface area contributed by atoms with E-state index in [4.69, 9.17) is 0 Å². The van der Waals surface area contributed by atoms with Gasteiger partial charge >= 0.3 is 0 Å². The Hall–Kier alpha value is -1.20. The average molecular weight is 415 g/mol. The molecule has 0 unspecified atom stereocenters. The summed E-state index contributed by atoms with van der Waals surface area (Å²) >= 11 is 0. The molecule has 7 atom stereocenters. The highest BCUT2D eigenvalue weighted by atomic mass is 16.5. The monoisotopic (exact) mass is 414 g/mol. The molecule has 1 aromatic rings. The first kappa shape index (κ1) is 20.7. The quantitative estimate of drug-likeness (QED) is 0.730. The van der Waals surface area contributed by atoms with E-state index in [9.17, 15) is 15.0 Å². The predicted molar refractivity (Wildman–Crippen MR) is 114 cm³/mol. The lowest BCUT2D eigenvalue weighted by Crippen LogP contribution is -2.56. The van der Waals surface area contributed by atoms with Crippen LogP contribution < -0.4 is 0 Å². The number of ketones is 1. The second-order valence-corrected chi connectivity index (χ2v) is 11.7. The number of carbonyl (C=O) groups excluding carboxylic acids is 1. The van der Waals surface area contributed by atoms with Crippen molar-refractivity contribution in [3.63, 3.8) is 0 Å². The highest BCUT2D eigenvalue weighted by Gasteiger charge is 2.61. The number of Topliss-reactive ketones (excluding diaryl/α,β-unsaturated/α-hetero) is 1. The number of fused-ring (bicyclic) bond motifs is 5. The Labute approximate surface area is 180 Å². The molecule has 1 heterocycles. The van der Waals surface area contributed by atoms with Crippen LogP contribution >= 0.6 is 0 Å². The summed E-state index contributed by atoms with van der Waals surface area (Å²) in [5.74, 6) is 1.49. The van der Waals surface area contributed by atoms with Gasteiger partial charge in [-0.2, -0.15) is 5.10 Å². The van der Waals surface area contributed by atoms with E-state index in [0.717, 1.165) is 31.2 Å². The Morgan fingerprint density at radius 2 is 1.83 bits per heavy atom. The van der Waals surface area contributed by atoms with Crippen molar-refractivity contribution in [2.24, 2.45) is 40.4 Å². The van der Waals surface area contributed by atoms with Crippen molar-refractivity contribution in [3.05, 3.63) is 18.0 Å². The maximum absolute atomic E-state index is 13.3. The Balaban J connectivity index is 1.34. The van der Waals surface area contributed by atoms with E-state index in [-0.39, 0.29) is 16.7 Å².